The summed E-state index contributed by atoms with van der Waals surface area (Å²) in [6, 6.07) is 8.57. The summed E-state index contributed by atoms with van der Waals surface area (Å²) in [6.45, 7) is 2.22. The normalized spacial score (nSPS) is 10.4. The van der Waals surface area contributed by atoms with Crippen LogP contribution >= 0.6 is 0 Å². The minimum atomic E-state index is -0.244. The number of aryl methyl sites for hydroxylation is 1. The second-order valence-corrected chi connectivity index (χ2v) is 3.23. The molecule has 0 bridgehead atoms. The molecule has 0 saturated carbocycles. The van der Waals surface area contributed by atoms with Crippen LogP contribution < -0.4 is 0 Å². The predicted octanol–water partition coefficient (Wildman–Crippen LogP) is 2.61. The number of hydrogen-bond acceptors (Lipinski definition) is 1. The highest BCUT2D eigenvalue weighted by molar-refractivity contribution is 5.81. The van der Waals surface area contributed by atoms with Gasteiger partial charge in [0.25, 0.3) is 0 Å². The Balaban J connectivity index is 2.72. The predicted molar refractivity (Wildman–Crippen MR) is 52.2 cm³/mol. The zero-order valence-corrected chi connectivity index (χ0v) is 7.79. The average Bonchev–Trinajstić information content (AvgIpc) is 2.43. The van der Waals surface area contributed by atoms with Gasteiger partial charge in [0.05, 0.1) is 6.07 Å². The van der Waals surface area contributed by atoms with Crippen LogP contribution in [0.2, 0.25) is 0 Å². The van der Waals surface area contributed by atoms with Gasteiger partial charge in [0.2, 0.25) is 0 Å². The van der Waals surface area contributed by atoms with Crippen LogP contribution in [-0.4, -0.2) is 4.57 Å². The molecule has 14 heavy (non-hydrogen) atoms. The highest BCUT2D eigenvalue weighted by Crippen LogP contribution is 2.20. The standard InChI is InChI=1S/C11H9FN2/c1-8-6-9-7-10(12)2-3-11(9)14(8)5-4-13/h2-3,6-7H,5H2,1H3. The monoisotopic (exact) mass is 188 g/mol. The molecule has 0 unspecified atom stereocenters. The number of rotatable bonds is 1. The smallest absolute Gasteiger partial charge is 0.123 e. The Bertz CT molecular complexity index is 520. The third-order valence-electron chi connectivity index (χ3n) is 2.30. The van der Waals surface area contributed by atoms with E-state index in [4.69, 9.17) is 5.26 Å². The van der Waals surface area contributed by atoms with Crippen LogP contribution in [0, 0.1) is 24.1 Å². The van der Waals surface area contributed by atoms with E-state index < -0.39 is 0 Å². The lowest BCUT2D eigenvalue weighted by atomic mass is 10.2. The molecule has 0 fully saturated rings. The summed E-state index contributed by atoms with van der Waals surface area (Å²) in [6.07, 6.45) is 0. The number of nitriles is 1. The first-order valence-electron chi connectivity index (χ1n) is 4.34. The van der Waals surface area contributed by atoms with Crippen molar-refractivity contribution in [2.45, 2.75) is 13.5 Å². The van der Waals surface area contributed by atoms with Gasteiger partial charge in [-0.05, 0) is 31.2 Å². The van der Waals surface area contributed by atoms with Crippen LogP contribution in [-0.2, 0) is 6.54 Å². The summed E-state index contributed by atoms with van der Waals surface area (Å²) < 4.78 is 14.8. The van der Waals surface area contributed by atoms with Gasteiger partial charge >= 0.3 is 0 Å². The number of halogens is 1. The fraction of sp³-hybridized carbons (Fsp3) is 0.182. The number of benzene rings is 1. The van der Waals surface area contributed by atoms with Crippen molar-refractivity contribution in [3.8, 4) is 6.07 Å². The summed E-state index contributed by atoms with van der Waals surface area (Å²) in [4.78, 5) is 0. The molecule has 70 valence electrons. The van der Waals surface area contributed by atoms with Crippen molar-refractivity contribution < 1.29 is 4.39 Å². The van der Waals surface area contributed by atoms with Crippen molar-refractivity contribution in [3.63, 3.8) is 0 Å². The Labute approximate surface area is 81.2 Å². The molecule has 2 nitrogen and oxygen atoms in total. The first kappa shape index (κ1) is 8.76. The molecule has 1 aromatic carbocycles. The van der Waals surface area contributed by atoms with Crippen LogP contribution in [0.25, 0.3) is 10.9 Å². The van der Waals surface area contributed by atoms with Gasteiger partial charge < -0.3 is 4.57 Å². The average molecular weight is 188 g/mol. The Kier molecular flexibility index (Phi) is 1.97. The quantitative estimate of drug-likeness (QED) is 0.676. The van der Waals surface area contributed by atoms with Crippen molar-refractivity contribution in [3.05, 3.63) is 35.8 Å². The number of fused-ring (bicyclic) bond motifs is 1. The topological polar surface area (TPSA) is 28.7 Å². The van der Waals surface area contributed by atoms with Crippen molar-refractivity contribution in [2.75, 3.05) is 0 Å². The molecule has 2 aromatic rings. The molecule has 0 aliphatic rings. The molecule has 1 heterocycles. The fourth-order valence-electron chi connectivity index (χ4n) is 1.66. The van der Waals surface area contributed by atoms with Crippen LogP contribution in [0.4, 0.5) is 4.39 Å². The van der Waals surface area contributed by atoms with E-state index in [0.717, 1.165) is 16.6 Å². The van der Waals surface area contributed by atoms with Gasteiger partial charge in [0, 0.05) is 16.6 Å². The van der Waals surface area contributed by atoms with Gasteiger partial charge in [-0.15, -0.1) is 0 Å². The molecule has 0 spiro atoms. The summed E-state index contributed by atoms with van der Waals surface area (Å²) in [5, 5.41) is 9.48. The largest absolute Gasteiger partial charge is 0.331 e. The van der Waals surface area contributed by atoms with E-state index in [1.165, 1.54) is 12.1 Å². The van der Waals surface area contributed by atoms with E-state index in [0.29, 0.717) is 6.54 Å². The second kappa shape index (κ2) is 3.15. The molecular weight excluding hydrogens is 179 g/mol. The molecule has 0 saturated heterocycles. The Hall–Kier alpha value is -1.82. The van der Waals surface area contributed by atoms with Crippen molar-refractivity contribution in [1.82, 2.24) is 4.57 Å². The van der Waals surface area contributed by atoms with Gasteiger partial charge in [-0.1, -0.05) is 0 Å². The molecular formula is C11H9FN2. The lowest BCUT2D eigenvalue weighted by molar-refractivity contribution is 0.629. The SMILES string of the molecule is Cc1cc2cc(F)ccc2n1CC#N. The molecule has 0 aliphatic carbocycles. The summed E-state index contributed by atoms with van der Waals surface area (Å²) in [7, 11) is 0. The van der Waals surface area contributed by atoms with Gasteiger partial charge in [0.1, 0.15) is 12.4 Å². The molecule has 0 aliphatic heterocycles. The van der Waals surface area contributed by atoms with E-state index in [9.17, 15) is 4.39 Å². The zero-order chi connectivity index (χ0) is 10.1. The van der Waals surface area contributed by atoms with Gasteiger partial charge in [-0.25, -0.2) is 4.39 Å². The van der Waals surface area contributed by atoms with Gasteiger partial charge in [0.15, 0.2) is 0 Å². The second-order valence-electron chi connectivity index (χ2n) is 3.23. The third-order valence-corrected chi connectivity index (χ3v) is 2.30. The minimum Gasteiger partial charge on any atom is -0.331 e. The number of hydrogen-bond donors (Lipinski definition) is 0. The van der Waals surface area contributed by atoms with Crippen LogP contribution in [0.5, 0.6) is 0 Å². The van der Waals surface area contributed by atoms with E-state index in [2.05, 4.69) is 6.07 Å². The van der Waals surface area contributed by atoms with Gasteiger partial charge in [-0.2, -0.15) is 5.26 Å². The van der Waals surface area contributed by atoms with Crippen molar-refractivity contribution in [2.24, 2.45) is 0 Å². The van der Waals surface area contributed by atoms with Crippen LogP contribution in [0.3, 0.4) is 0 Å². The van der Waals surface area contributed by atoms with Crippen molar-refractivity contribution >= 4 is 10.9 Å². The summed E-state index contributed by atoms with van der Waals surface area (Å²) >= 11 is 0. The number of aromatic nitrogens is 1. The lowest BCUT2D eigenvalue weighted by Crippen LogP contribution is -1.96. The highest BCUT2D eigenvalue weighted by Gasteiger charge is 2.05. The lowest BCUT2D eigenvalue weighted by Gasteiger charge is -2.01. The van der Waals surface area contributed by atoms with E-state index in [1.807, 2.05) is 17.6 Å². The first-order valence-corrected chi connectivity index (χ1v) is 4.34. The van der Waals surface area contributed by atoms with E-state index in [-0.39, 0.29) is 5.82 Å². The molecule has 0 radical (unpaired) electrons. The fourth-order valence-corrected chi connectivity index (χ4v) is 1.66. The van der Waals surface area contributed by atoms with Crippen molar-refractivity contribution in [1.29, 1.82) is 5.26 Å². The molecule has 0 N–H and O–H groups in total. The van der Waals surface area contributed by atoms with Crippen LogP contribution in [0.1, 0.15) is 5.69 Å². The summed E-state index contributed by atoms with van der Waals surface area (Å²) in [5.41, 5.74) is 1.89. The molecule has 2 rings (SSSR count). The van der Waals surface area contributed by atoms with Crippen LogP contribution in [0.15, 0.2) is 24.3 Å². The van der Waals surface area contributed by atoms with E-state index in [1.54, 1.807) is 6.07 Å². The maximum Gasteiger partial charge on any atom is 0.123 e. The Morgan fingerprint density at radius 2 is 2.21 bits per heavy atom. The Morgan fingerprint density at radius 3 is 2.93 bits per heavy atom. The number of nitrogens with zero attached hydrogens (tertiary/aromatic N) is 2. The molecule has 0 amide bonds. The molecule has 1 aromatic heterocycles. The van der Waals surface area contributed by atoms with E-state index >= 15 is 0 Å². The third kappa shape index (κ3) is 1.25. The maximum atomic E-state index is 12.9. The molecule has 0 atom stereocenters. The molecule has 3 heteroatoms. The van der Waals surface area contributed by atoms with Gasteiger partial charge in [-0.3, -0.25) is 0 Å². The highest BCUT2D eigenvalue weighted by atomic mass is 19.1. The Morgan fingerprint density at radius 1 is 1.43 bits per heavy atom. The zero-order valence-electron chi connectivity index (χ0n) is 7.79. The maximum absolute atomic E-state index is 12.9. The minimum absolute atomic E-state index is 0.244. The summed E-state index contributed by atoms with van der Waals surface area (Å²) in [5.74, 6) is -0.244. The first-order chi connectivity index (χ1) is 6.72.